The molecule has 2 aromatic heterocycles. The lowest BCUT2D eigenvalue weighted by Crippen LogP contribution is -2.25. The Labute approximate surface area is 148 Å². The molecule has 0 saturated carbocycles. The Balaban J connectivity index is 1.93. The van der Waals surface area contributed by atoms with Gasteiger partial charge in [0.1, 0.15) is 5.76 Å². The Hall–Kier alpha value is -2.54. The average Bonchev–Trinajstić information content (AvgIpc) is 3.08. The van der Waals surface area contributed by atoms with E-state index in [4.69, 9.17) is 4.42 Å². The van der Waals surface area contributed by atoms with Gasteiger partial charge in [0, 0.05) is 6.04 Å². The smallest absolute Gasteiger partial charge is 0.373 e. The van der Waals surface area contributed by atoms with E-state index < -0.39 is 5.97 Å². The molecular weight excluding hydrogens is 340 g/mol. The molecule has 1 aromatic carbocycles. The van der Waals surface area contributed by atoms with Gasteiger partial charge in [-0.2, -0.15) is 0 Å². The van der Waals surface area contributed by atoms with E-state index in [1.54, 1.807) is 22.8 Å². The molecule has 0 saturated heterocycles. The van der Waals surface area contributed by atoms with Crippen LogP contribution in [0.3, 0.4) is 0 Å². The van der Waals surface area contributed by atoms with Crippen LogP contribution in [0.1, 0.15) is 36.2 Å². The topological polar surface area (TPSA) is 74.3 Å². The number of para-hydroxylation sites is 1. The van der Waals surface area contributed by atoms with Crippen molar-refractivity contribution in [3.8, 4) is 0 Å². The number of rotatable bonds is 5. The first-order valence-corrected chi connectivity index (χ1v) is 8.81. The van der Waals surface area contributed by atoms with Gasteiger partial charge in [-0.3, -0.25) is 9.36 Å². The van der Waals surface area contributed by atoms with Gasteiger partial charge >= 0.3 is 5.97 Å². The Bertz CT molecular complexity index is 975. The summed E-state index contributed by atoms with van der Waals surface area (Å²) in [7, 11) is 1.31. The molecule has 0 fully saturated rings. The summed E-state index contributed by atoms with van der Waals surface area (Å²) in [4.78, 5) is 28.8. The highest BCUT2D eigenvalue weighted by Gasteiger charge is 2.16. The average molecular weight is 358 g/mol. The second kappa shape index (κ2) is 7.14. The number of nitrogens with zero attached hydrogens (tertiary/aromatic N) is 2. The van der Waals surface area contributed by atoms with Gasteiger partial charge in [0.05, 0.1) is 23.8 Å². The molecule has 0 radical (unpaired) electrons. The number of esters is 1. The number of ether oxygens (including phenoxy) is 1. The molecule has 130 valence electrons. The van der Waals surface area contributed by atoms with Crippen LogP contribution in [-0.2, 0) is 10.5 Å². The Kier molecular flexibility index (Phi) is 4.94. The van der Waals surface area contributed by atoms with Crippen LogP contribution in [0, 0.1) is 0 Å². The van der Waals surface area contributed by atoms with Gasteiger partial charge in [-0.05, 0) is 38.1 Å². The number of furan rings is 1. The van der Waals surface area contributed by atoms with Gasteiger partial charge in [-0.15, -0.1) is 0 Å². The number of benzene rings is 1. The normalized spacial score (nSPS) is 11.2. The van der Waals surface area contributed by atoms with Crippen LogP contribution in [0.5, 0.6) is 0 Å². The maximum absolute atomic E-state index is 12.8. The van der Waals surface area contributed by atoms with E-state index in [1.165, 1.54) is 18.9 Å². The largest absolute Gasteiger partial charge is 0.463 e. The second-order valence-corrected chi connectivity index (χ2v) is 6.67. The van der Waals surface area contributed by atoms with Gasteiger partial charge < -0.3 is 9.15 Å². The van der Waals surface area contributed by atoms with Crippen molar-refractivity contribution in [3.63, 3.8) is 0 Å². The summed E-state index contributed by atoms with van der Waals surface area (Å²) in [6, 6.07) is 10.6. The number of methoxy groups -OCH3 is 1. The third-order valence-electron chi connectivity index (χ3n) is 3.68. The number of aromatic nitrogens is 2. The van der Waals surface area contributed by atoms with E-state index in [9.17, 15) is 9.59 Å². The SMILES string of the molecule is COC(=O)c1ccc(CSc2nc3ccccc3c(=O)n2C(C)C)o1. The van der Waals surface area contributed by atoms with Crippen molar-refractivity contribution in [1.82, 2.24) is 9.55 Å². The molecule has 25 heavy (non-hydrogen) atoms. The second-order valence-electron chi connectivity index (χ2n) is 5.73. The molecule has 0 spiro atoms. The third-order valence-corrected chi connectivity index (χ3v) is 4.66. The Morgan fingerprint density at radius 2 is 2.04 bits per heavy atom. The molecule has 3 rings (SSSR count). The fourth-order valence-corrected chi connectivity index (χ4v) is 3.51. The van der Waals surface area contributed by atoms with Crippen molar-refractivity contribution in [2.45, 2.75) is 30.8 Å². The van der Waals surface area contributed by atoms with E-state index in [2.05, 4.69) is 9.72 Å². The molecular formula is C18H18N2O4S. The standard InChI is InChI=1S/C18H18N2O4S/c1-11(2)20-16(21)13-6-4-5-7-14(13)19-18(20)25-10-12-8-9-15(24-12)17(22)23-3/h4-9,11H,10H2,1-3H3. The highest BCUT2D eigenvalue weighted by molar-refractivity contribution is 7.98. The number of fused-ring (bicyclic) bond motifs is 1. The molecule has 0 amide bonds. The maximum Gasteiger partial charge on any atom is 0.373 e. The van der Waals surface area contributed by atoms with E-state index >= 15 is 0 Å². The van der Waals surface area contributed by atoms with Crippen LogP contribution in [-0.4, -0.2) is 22.6 Å². The van der Waals surface area contributed by atoms with Crippen molar-refractivity contribution in [3.05, 3.63) is 58.3 Å². The zero-order valence-corrected chi connectivity index (χ0v) is 15.0. The van der Waals surface area contributed by atoms with Crippen molar-refractivity contribution in [1.29, 1.82) is 0 Å². The van der Waals surface area contributed by atoms with Crippen molar-refractivity contribution in [2.75, 3.05) is 7.11 Å². The molecule has 0 aliphatic heterocycles. The minimum Gasteiger partial charge on any atom is -0.463 e. The van der Waals surface area contributed by atoms with Crippen LogP contribution < -0.4 is 5.56 Å². The van der Waals surface area contributed by atoms with Crippen LogP contribution in [0.15, 0.2) is 50.8 Å². The highest BCUT2D eigenvalue weighted by atomic mass is 32.2. The summed E-state index contributed by atoms with van der Waals surface area (Å²) in [5.74, 6) is 0.710. The summed E-state index contributed by atoms with van der Waals surface area (Å²) in [6.07, 6.45) is 0. The summed E-state index contributed by atoms with van der Waals surface area (Å²) in [6.45, 7) is 3.90. The fraction of sp³-hybridized carbons (Fsp3) is 0.278. The van der Waals surface area contributed by atoms with E-state index in [1.807, 2.05) is 32.0 Å². The molecule has 0 unspecified atom stereocenters. The van der Waals surface area contributed by atoms with E-state index in [-0.39, 0.29) is 17.4 Å². The molecule has 0 atom stereocenters. The van der Waals surface area contributed by atoms with Crippen LogP contribution in [0.2, 0.25) is 0 Å². The van der Waals surface area contributed by atoms with Gasteiger partial charge in [-0.1, -0.05) is 23.9 Å². The quantitative estimate of drug-likeness (QED) is 0.394. The lowest BCUT2D eigenvalue weighted by atomic mass is 10.2. The lowest BCUT2D eigenvalue weighted by molar-refractivity contribution is 0.0563. The van der Waals surface area contributed by atoms with Crippen molar-refractivity contribution >= 4 is 28.6 Å². The molecule has 6 nitrogen and oxygen atoms in total. The number of hydrogen-bond donors (Lipinski definition) is 0. The van der Waals surface area contributed by atoms with Crippen LogP contribution in [0.25, 0.3) is 10.9 Å². The first kappa shape index (κ1) is 17.3. The lowest BCUT2D eigenvalue weighted by Gasteiger charge is -2.15. The Morgan fingerprint density at radius 3 is 2.76 bits per heavy atom. The van der Waals surface area contributed by atoms with Gasteiger partial charge in [-0.25, -0.2) is 9.78 Å². The molecule has 7 heteroatoms. The Morgan fingerprint density at radius 1 is 1.28 bits per heavy atom. The minimum absolute atomic E-state index is 0.0191. The summed E-state index contributed by atoms with van der Waals surface area (Å²) >= 11 is 1.40. The predicted octanol–water partition coefficient (Wildman–Crippen LogP) is 3.65. The third kappa shape index (κ3) is 3.46. The fourth-order valence-electron chi connectivity index (χ4n) is 2.48. The van der Waals surface area contributed by atoms with Gasteiger partial charge in [0.25, 0.3) is 5.56 Å². The zero-order chi connectivity index (χ0) is 18.0. The zero-order valence-electron chi connectivity index (χ0n) is 14.2. The summed E-state index contributed by atoms with van der Waals surface area (Å²) in [5, 5.41) is 1.22. The van der Waals surface area contributed by atoms with E-state index in [0.29, 0.717) is 27.6 Å². The van der Waals surface area contributed by atoms with E-state index in [0.717, 1.165) is 0 Å². The highest BCUT2D eigenvalue weighted by Crippen LogP contribution is 2.25. The summed E-state index contributed by atoms with van der Waals surface area (Å²) in [5.41, 5.74) is 0.611. The minimum atomic E-state index is -0.515. The number of carbonyl (C=O) groups excluding carboxylic acids is 1. The molecule has 2 heterocycles. The first-order valence-electron chi connectivity index (χ1n) is 7.82. The number of hydrogen-bond acceptors (Lipinski definition) is 6. The first-order chi connectivity index (χ1) is 12.0. The number of thioether (sulfide) groups is 1. The molecule has 0 bridgehead atoms. The molecule has 0 N–H and O–H groups in total. The summed E-state index contributed by atoms with van der Waals surface area (Å²) < 4.78 is 11.8. The van der Waals surface area contributed by atoms with Gasteiger partial charge in [0.15, 0.2) is 5.16 Å². The molecule has 0 aliphatic carbocycles. The number of carbonyl (C=O) groups is 1. The van der Waals surface area contributed by atoms with Crippen molar-refractivity contribution < 1.29 is 13.9 Å². The van der Waals surface area contributed by atoms with Gasteiger partial charge in [0.2, 0.25) is 5.76 Å². The van der Waals surface area contributed by atoms with Crippen LogP contribution in [0.4, 0.5) is 0 Å². The van der Waals surface area contributed by atoms with Crippen LogP contribution >= 0.6 is 11.8 Å². The predicted molar refractivity (Wildman–Crippen MR) is 96.0 cm³/mol. The molecule has 3 aromatic rings. The monoisotopic (exact) mass is 358 g/mol. The molecule has 0 aliphatic rings. The maximum atomic E-state index is 12.8. The van der Waals surface area contributed by atoms with Crippen molar-refractivity contribution in [2.24, 2.45) is 0 Å².